The number of piperazine rings is 4. The lowest BCUT2D eigenvalue weighted by Gasteiger charge is -2.37. The van der Waals surface area contributed by atoms with Gasteiger partial charge >= 0.3 is 24.1 Å². The highest BCUT2D eigenvalue weighted by Gasteiger charge is 2.55. The third-order valence-corrected chi connectivity index (χ3v) is 32.4. The van der Waals surface area contributed by atoms with E-state index in [9.17, 15) is 85.2 Å². The number of carbonyl (C=O) groups is 8. The van der Waals surface area contributed by atoms with Crippen LogP contribution in [0.25, 0.3) is 0 Å². The number of sulfonamides is 4. The second-order valence-electron chi connectivity index (χ2n) is 32.1. The van der Waals surface area contributed by atoms with Crippen molar-refractivity contribution in [1.82, 2.24) is 105 Å². The van der Waals surface area contributed by atoms with Gasteiger partial charge in [-0.1, -0.05) is 46.4 Å². The van der Waals surface area contributed by atoms with Gasteiger partial charge in [0, 0.05) is 183 Å². The Labute approximate surface area is 783 Å². The zero-order valence-electron chi connectivity index (χ0n) is 71.0. The van der Waals surface area contributed by atoms with Crippen molar-refractivity contribution in [1.29, 1.82) is 0 Å². The second-order valence-corrected chi connectivity index (χ2v) is 41.7. The van der Waals surface area contributed by atoms with Crippen molar-refractivity contribution >= 4 is 157 Å². The van der Waals surface area contributed by atoms with E-state index in [2.05, 4.69) is 92.3 Å². The normalized spacial score (nSPS) is 21.6. The number of rotatable bonds is 30. The molecule has 8 aliphatic rings. The Morgan fingerprint density at radius 3 is 0.925 bits per heavy atom. The number of halogens is 7. The number of anilines is 4. The monoisotopic (exact) mass is 2000 g/mol. The first-order chi connectivity index (χ1) is 63.3. The number of nitrogens with one attached hydrogen (secondary N) is 8. The van der Waals surface area contributed by atoms with Gasteiger partial charge in [-0.3, -0.25) is 40.4 Å². The lowest BCUT2D eigenvalue weighted by molar-refractivity contribution is -0.124. The number of benzene rings is 3. The number of aryl methyl sites for hydroxylation is 4. The van der Waals surface area contributed by atoms with Crippen molar-refractivity contribution in [2.45, 2.75) is 86.4 Å². The van der Waals surface area contributed by atoms with Gasteiger partial charge in [-0.25, -0.2) is 111 Å². The molecule has 8 N–H and O–H groups in total. The van der Waals surface area contributed by atoms with E-state index in [0.29, 0.717) is 116 Å². The molecule has 4 unspecified atom stereocenters. The molecule has 133 heavy (non-hydrogen) atoms. The van der Waals surface area contributed by atoms with Crippen LogP contribution in [0, 0.1) is 17.5 Å². The molecule has 0 aliphatic carbocycles. The van der Waals surface area contributed by atoms with Gasteiger partial charge in [0.25, 0.3) is 23.6 Å². The highest BCUT2D eigenvalue weighted by atomic mass is 35.5. The van der Waals surface area contributed by atoms with Gasteiger partial charge in [0.1, 0.15) is 57.1 Å². The summed E-state index contributed by atoms with van der Waals surface area (Å²) in [7, 11) is -15.5. The molecule has 710 valence electrons. The molecule has 0 bridgehead atoms. The molecule has 16 rings (SSSR count). The quantitative estimate of drug-likeness (QED) is 0.0297. The Bertz CT molecular complexity index is 5840. The number of urea groups is 4. The van der Waals surface area contributed by atoms with Gasteiger partial charge in [-0.05, 0) is 130 Å². The molecular weight excluding hydrogens is 1910 g/mol. The molecule has 8 fully saturated rings. The number of carbonyl (C=O) groups excluding carboxylic acids is 8. The summed E-state index contributed by atoms with van der Waals surface area (Å²) in [4.78, 5) is 142. The summed E-state index contributed by atoms with van der Waals surface area (Å²) >= 11 is 23.9. The van der Waals surface area contributed by atoms with Crippen molar-refractivity contribution in [2.24, 2.45) is 0 Å². The third kappa shape index (κ3) is 25.6. The molecule has 52 heteroatoms. The van der Waals surface area contributed by atoms with E-state index in [1.807, 2.05) is 32.9 Å². The summed E-state index contributed by atoms with van der Waals surface area (Å²) in [5, 5.41) is 20.7. The minimum absolute atomic E-state index is 0.0574. The van der Waals surface area contributed by atoms with E-state index in [0.717, 1.165) is 41.8 Å². The SMILES string of the molecule is O=C1NC(=O)C(CCCc2ncccn2)(CS(=O)(=O)N2CCN(c3ccc(Cl)c(Cl)c3)CC2)N1.O=C1NC(=O)C(CCCc2ncccn2)(CS(=O)(=O)N2CCN(c3ccc(Cl)cc3)CC2)N1.O=C1NC(=O)C(CCc2ncc(F)cn2)(CS(=O)(=O)N2CCN(c3ccc(Cl)cn3)CC2)N1.O=C1NC(=O)C(CCc2ncc(F)cn2)(CS(=O)(=O)N2CCN(c3ccc(F)cc3)CC2)N1. The van der Waals surface area contributed by atoms with E-state index < -0.39 is 145 Å². The molecule has 0 spiro atoms. The van der Waals surface area contributed by atoms with Crippen LogP contribution in [0.15, 0.2) is 147 Å². The molecule has 0 saturated carbocycles. The zero-order chi connectivity index (χ0) is 95.1. The largest absolute Gasteiger partial charge is 0.369 e. The molecule has 8 aromatic rings. The van der Waals surface area contributed by atoms with Crippen molar-refractivity contribution in [3.8, 4) is 0 Å². The van der Waals surface area contributed by atoms with Crippen LogP contribution in [0.2, 0.25) is 20.1 Å². The number of nitrogens with zero attached hydrogens (tertiary/aromatic N) is 17. The molecule has 4 atom stereocenters. The molecular formula is C81H92Cl4F3N25O16S4. The standard InChI is InChI=1S/C21H24Cl2N6O4S.C21H25ClN6O4S.C20H22F2N6O4S.C19H21ClFN7O4S/c22-16-5-4-15(13-17(16)23)28-9-11-29(12-10-28)34(32,33)14-21(19(30)26-20(31)27-21)6-1-3-18-24-7-2-8-25-18;22-16-4-6-17(7-5-16)27-11-13-28(14-12-27)33(31,32)15-21(19(29)25-20(30)26-21)8-1-3-18-23-9-2-10-24-18;21-14-1-3-16(4-2-14)27-7-9-28(10-8-27)33(31,32)13-20(18(29)25-19(30)26-20)6-5-17-23-11-15(22)12-24-17;20-13-1-2-16(24-9-13)27-5-7-28(8-6-27)33(31,32)12-19(17(29)25-18(30)26-19)4-3-15-22-10-14(21)11-23-15/h2,4-5,7-8,13H,1,3,6,9-12,14H2,(H2,26,27,30,31);2,4-7,9-10H,1,3,8,11-15H2,(H2,25,26,29,30);1-4,11-12H,5-10,13H2,(H2,25,26,29,30);1-2,9-11H,3-8,12H2,(H2,25,26,29,30). The first kappa shape index (κ1) is 99.2. The summed E-state index contributed by atoms with van der Waals surface area (Å²) in [5.74, 6) is -4.26. The first-order valence-corrected chi connectivity index (χ1v) is 49.7. The van der Waals surface area contributed by atoms with E-state index >= 15 is 0 Å². The van der Waals surface area contributed by atoms with Gasteiger partial charge in [-0.2, -0.15) is 17.2 Å². The summed E-state index contributed by atoms with van der Waals surface area (Å²) in [5.41, 5.74) is -3.81. The lowest BCUT2D eigenvalue weighted by atomic mass is 9.95. The fourth-order valence-corrected chi connectivity index (χ4v) is 24.2. The Morgan fingerprint density at radius 1 is 0.308 bits per heavy atom. The average molecular weight is 2000 g/mol. The number of imide groups is 4. The van der Waals surface area contributed by atoms with E-state index in [4.69, 9.17) is 46.4 Å². The maximum Gasteiger partial charge on any atom is 0.322 e. The van der Waals surface area contributed by atoms with Crippen LogP contribution in [-0.2, 0) is 85.0 Å². The van der Waals surface area contributed by atoms with Crippen LogP contribution >= 0.6 is 46.4 Å². The summed E-state index contributed by atoms with van der Waals surface area (Å²) in [6.07, 6.45) is 14.0. The van der Waals surface area contributed by atoms with Crippen LogP contribution in [-0.4, -0.2) is 293 Å². The van der Waals surface area contributed by atoms with Gasteiger partial charge in [0.15, 0.2) is 11.6 Å². The molecule has 12 amide bonds. The Morgan fingerprint density at radius 2 is 0.609 bits per heavy atom. The van der Waals surface area contributed by atoms with Crippen LogP contribution in [0.1, 0.15) is 61.8 Å². The summed E-state index contributed by atoms with van der Waals surface area (Å²) in [6.45, 7) is 5.31. The number of amides is 12. The number of hydrogen-bond acceptors (Lipinski definition) is 29. The van der Waals surface area contributed by atoms with Crippen molar-refractivity contribution < 1.29 is 85.2 Å². The maximum atomic E-state index is 13.3. The second kappa shape index (κ2) is 42.9. The maximum absolute atomic E-state index is 13.3. The number of pyridine rings is 1. The van der Waals surface area contributed by atoms with Crippen LogP contribution in [0.5, 0.6) is 0 Å². The lowest BCUT2D eigenvalue weighted by Crippen LogP contribution is -2.57. The predicted molar refractivity (Wildman–Crippen MR) is 482 cm³/mol. The molecule has 8 saturated heterocycles. The van der Waals surface area contributed by atoms with Crippen LogP contribution in [0.4, 0.5) is 55.2 Å². The van der Waals surface area contributed by atoms with Gasteiger partial charge in [0.05, 0.1) is 62.9 Å². The Balaban J connectivity index is 0.000000151. The van der Waals surface area contributed by atoms with Gasteiger partial charge in [0.2, 0.25) is 40.1 Å². The average Bonchev–Trinajstić information content (AvgIpc) is 1.68. The van der Waals surface area contributed by atoms with Crippen LogP contribution in [0.3, 0.4) is 0 Å². The Hall–Kier alpha value is -11.3. The molecule has 8 aliphatic heterocycles. The van der Waals surface area contributed by atoms with Crippen molar-refractivity contribution in [3.05, 3.63) is 208 Å². The van der Waals surface area contributed by atoms with Gasteiger partial charge in [-0.15, -0.1) is 0 Å². The van der Waals surface area contributed by atoms with E-state index in [1.54, 1.807) is 85.5 Å². The molecule has 13 heterocycles. The van der Waals surface area contributed by atoms with Gasteiger partial charge < -0.3 is 40.9 Å². The first-order valence-electron chi connectivity index (χ1n) is 41.8. The molecule has 41 nitrogen and oxygen atoms in total. The number of aromatic nitrogens is 9. The zero-order valence-corrected chi connectivity index (χ0v) is 77.3. The summed E-state index contributed by atoms with van der Waals surface area (Å²) in [6, 6.07) is 22.6. The predicted octanol–water partition coefficient (Wildman–Crippen LogP) is 3.76. The fourth-order valence-electron chi connectivity index (χ4n) is 16.1. The minimum atomic E-state index is -3.93. The van der Waals surface area contributed by atoms with Crippen molar-refractivity contribution in [3.63, 3.8) is 0 Å². The van der Waals surface area contributed by atoms with Crippen molar-refractivity contribution in [2.75, 3.05) is 147 Å². The summed E-state index contributed by atoms with van der Waals surface area (Å²) < 4.78 is 150. The highest BCUT2D eigenvalue weighted by Crippen LogP contribution is 2.33. The topological polar surface area (TPSA) is 511 Å². The highest BCUT2D eigenvalue weighted by molar-refractivity contribution is 7.90. The molecule has 0 radical (unpaired) electrons. The fraction of sp³-hybridized carbons (Fsp3) is 0.420. The third-order valence-electron chi connectivity index (χ3n) is 23.1. The van der Waals surface area contributed by atoms with E-state index in [-0.39, 0.29) is 108 Å². The van der Waals surface area contributed by atoms with Crippen LogP contribution < -0.4 is 62.1 Å². The Kier molecular flexibility index (Phi) is 32.0. The number of hydrogen-bond donors (Lipinski definition) is 8. The van der Waals surface area contributed by atoms with E-state index in [1.165, 1.54) is 35.6 Å². The molecule has 3 aromatic carbocycles. The minimum Gasteiger partial charge on any atom is -0.369 e. The smallest absolute Gasteiger partial charge is 0.322 e. The molecule has 5 aromatic heterocycles.